The van der Waals surface area contributed by atoms with Crippen LogP contribution in [0.5, 0.6) is 11.5 Å². The highest BCUT2D eigenvalue weighted by Crippen LogP contribution is 2.38. The summed E-state index contributed by atoms with van der Waals surface area (Å²) >= 11 is 15.3. The highest BCUT2D eigenvalue weighted by molar-refractivity contribution is 14.1. The van der Waals surface area contributed by atoms with Crippen LogP contribution in [-0.4, -0.2) is 35.2 Å². The molecule has 1 heterocycles. The van der Waals surface area contributed by atoms with Crippen LogP contribution in [0.1, 0.15) is 23.6 Å². The first-order chi connectivity index (χ1) is 18.7. The van der Waals surface area contributed by atoms with Gasteiger partial charge in [-0.2, -0.15) is 0 Å². The third-order valence-electron chi connectivity index (χ3n) is 5.59. The van der Waals surface area contributed by atoms with Gasteiger partial charge in [0.2, 0.25) is 0 Å². The van der Waals surface area contributed by atoms with E-state index in [-0.39, 0.29) is 29.2 Å². The van der Waals surface area contributed by atoms with Crippen molar-refractivity contribution in [2.45, 2.75) is 20.4 Å². The summed E-state index contributed by atoms with van der Waals surface area (Å²) in [6.07, 6.45) is 1.64. The molecule has 11 heteroatoms. The number of ether oxygens (including phenoxy) is 2. The van der Waals surface area contributed by atoms with Crippen LogP contribution >= 0.6 is 57.6 Å². The van der Waals surface area contributed by atoms with Crippen molar-refractivity contribution in [1.82, 2.24) is 4.90 Å². The van der Waals surface area contributed by atoms with Crippen molar-refractivity contribution in [3.05, 3.63) is 89.8 Å². The van der Waals surface area contributed by atoms with E-state index in [4.69, 9.17) is 32.7 Å². The van der Waals surface area contributed by atoms with Gasteiger partial charge >= 0.3 is 0 Å². The molecule has 202 valence electrons. The molecule has 7 nitrogen and oxygen atoms in total. The standard InChI is InChI=1S/C28H23Cl2IN2O5S/c1-3-37-23-11-17(12-24-27(35)33(28(36)39-24)14-18-6-4-5-7-20(18)29)10-22(31)26(23)38-15-25(34)32-19-9-8-16(2)21(30)13-19/h4-13H,3,14-15H2,1-2H3,(H,32,34)/b24-12-. The van der Waals surface area contributed by atoms with E-state index in [2.05, 4.69) is 27.9 Å². The van der Waals surface area contributed by atoms with Crippen LogP contribution in [0, 0.1) is 10.5 Å². The van der Waals surface area contributed by atoms with E-state index in [1.165, 1.54) is 4.90 Å². The van der Waals surface area contributed by atoms with Gasteiger partial charge in [-0.25, -0.2) is 0 Å². The Morgan fingerprint density at radius 2 is 1.85 bits per heavy atom. The largest absolute Gasteiger partial charge is 0.490 e. The maximum Gasteiger partial charge on any atom is 0.293 e. The summed E-state index contributed by atoms with van der Waals surface area (Å²) in [5, 5.41) is 3.43. The second-order valence-electron chi connectivity index (χ2n) is 8.42. The molecule has 0 unspecified atom stereocenters. The number of carbonyl (C=O) groups is 3. The van der Waals surface area contributed by atoms with Crippen LogP contribution in [0.4, 0.5) is 10.5 Å². The molecule has 1 saturated heterocycles. The summed E-state index contributed by atoms with van der Waals surface area (Å²) in [4.78, 5) is 39.6. The Kier molecular flexibility index (Phi) is 9.81. The Bertz CT molecular complexity index is 1480. The average molecular weight is 697 g/mol. The number of nitrogens with one attached hydrogen (secondary N) is 1. The van der Waals surface area contributed by atoms with Crippen LogP contribution in [-0.2, 0) is 16.1 Å². The molecule has 4 rings (SSSR count). The Hall–Kier alpha value is -2.73. The third-order valence-corrected chi connectivity index (χ3v) is 8.08. The van der Waals surface area contributed by atoms with Gasteiger partial charge in [0.25, 0.3) is 17.1 Å². The third kappa shape index (κ3) is 7.27. The predicted octanol–water partition coefficient (Wildman–Crippen LogP) is 7.56. The molecule has 0 radical (unpaired) electrons. The van der Waals surface area contributed by atoms with Gasteiger partial charge in [0.05, 0.1) is 21.6 Å². The number of thioether (sulfide) groups is 1. The number of hydrogen-bond donors (Lipinski definition) is 1. The first-order valence-corrected chi connectivity index (χ1v) is 14.4. The number of halogens is 3. The highest BCUT2D eigenvalue weighted by atomic mass is 127. The van der Waals surface area contributed by atoms with Gasteiger partial charge in [-0.15, -0.1) is 0 Å². The first-order valence-electron chi connectivity index (χ1n) is 11.8. The predicted molar refractivity (Wildman–Crippen MR) is 164 cm³/mol. The number of hydrogen-bond acceptors (Lipinski definition) is 6. The Balaban J connectivity index is 1.49. The van der Waals surface area contributed by atoms with Crippen LogP contribution in [0.3, 0.4) is 0 Å². The SMILES string of the molecule is CCOc1cc(/C=C2\SC(=O)N(Cc3ccccc3Cl)C2=O)cc(I)c1OCC(=O)Nc1ccc(C)c(Cl)c1. The second-order valence-corrected chi connectivity index (χ2v) is 11.4. The molecule has 3 aromatic carbocycles. The molecule has 1 aliphatic heterocycles. The van der Waals surface area contributed by atoms with Crippen molar-refractivity contribution in [2.24, 2.45) is 0 Å². The Morgan fingerprint density at radius 1 is 1.08 bits per heavy atom. The van der Waals surface area contributed by atoms with Gasteiger partial charge in [-0.05, 0) is 101 Å². The Morgan fingerprint density at radius 3 is 2.56 bits per heavy atom. The minimum absolute atomic E-state index is 0.0903. The fraction of sp³-hybridized carbons (Fsp3) is 0.179. The quantitative estimate of drug-likeness (QED) is 0.184. The monoisotopic (exact) mass is 696 g/mol. The lowest BCUT2D eigenvalue weighted by Gasteiger charge is -2.15. The van der Waals surface area contributed by atoms with Crippen molar-refractivity contribution in [2.75, 3.05) is 18.5 Å². The Labute approximate surface area is 254 Å². The molecule has 0 spiro atoms. The first kappa shape index (κ1) is 29.3. The molecule has 1 fully saturated rings. The molecule has 3 amide bonds. The van der Waals surface area contributed by atoms with E-state index >= 15 is 0 Å². The highest BCUT2D eigenvalue weighted by Gasteiger charge is 2.35. The fourth-order valence-electron chi connectivity index (χ4n) is 3.66. The van der Waals surface area contributed by atoms with Crippen LogP contribution in [0.2, 0.25) is 10.0 Å². The van der Waals surface area contributed by atoms with Gasteiger partial charge in [0, 0.05) is 15.7 Å². The zero-order valence-electron chi connectivity index (χ0n) is 20.9. The van der Waals surface area contributed by atoms with Gasteiger partial charge < -0.3 is 14.8 Å². The van der Waals surface area contributed by atoms with Crippen molar-refractivity contribution in [1.29, 1.82) is 0 Å². The van der Waals surface area contributed by atoms with Crippen LogP contribution < -0.4 is 14.8 Å². The lowest BCUT2D eigenvalue weighted by atomic mass is 10.1. The summed E-state index contributed by atoms with van der Waals surface area (Å²) < 4.78 is 12.3. The van der Waals surface area contributed by atoms with Crippen molar-refractivity contribution >= 4 is 86.4 Å². The minimum Gasteiger partial charge on any atom is -0.490 e. The van der Waals surface area contributed by atoms with E-state index in [9.17, 15) is 14.4 Å². The fourth-order valence-corrected chi connectivity index (χ4v) is 5.66. The molecule has 0 aromatic heterocycles. The summed E-state index contributed by atoms with van der Waals surface area (Å²) in [5.74, 6) is 0.0613. The molecule has 39 heavy (non-hydrogen) atoms. The smallest absolute Gasteiger partial charge is 0.293 e. The maximum atomic E-state index is 13.0. The number of benzene rings is 3. The maximum absolute atomic E-state index is 13.0. The number of rotatable bonds is 9. The minimum atomic E-state index is -0.397. The van der Waals surface area contributed by atoms with Crippen LogP contribution in [0.25, 0.3) is 6.08 Å². The van der Waals surface area contributed by atoms with Crippen LogP contribution in [0.15, 0.2) is 59.5 Å². The van der Waals surface area contributed by atoms with Gasteiger partial charge in [-0.1, -0.05) is 47.5 Å². The van der Waals surface area contributed by atoms with Gasteiger partial charge in [0.1, 0.15) is 0 Å². The lowest BCUT2D eigenvalue weighted by molar-refractivity contribution is -0.123. The zero-order valence-corrected chi connectivity index (χ0v) is 25.4. The van der Waals surface area contributed by atoms with E-state index in [0.717, 1.165) is 17.3 Å². The second kappa shape index (κ2) is 13.1. The number of nitrogens with zero attached hydrogens (tertiary/aromatic N) is 1. The molecule has 0 saturated carbocycles. The summed E-state index contributed by atoms with van der Waals surface area (Å²) in [7, 11) is 0. The molecule has 0 atom stereocenters. The molecule has 1 aliphatic rings. The summed E-state index contributed by atoms with van der Waals surface area (Å²) in [6, 6.07) is 15.8. The molecule has 1 N–H and O–H groups in total. The molecule has 0 bridgehead atoms. The summed E-state index contributed by atoms with van der Waals surface area (Å²) in [6.45, 7) is 3.91. The average Bonchev–Trinajstić information content (AvgIpc) is 3.14. The number of carbonyl (C=O) groups excluding carboxylic acids is 3. The molecule has 3 aromatic rings. The molecule has 0 aliphatic carbocycles. The lowest BCUT2D eigenvalue weighted by Crippen LogP contribution is -2.27. The zero-order chi connectivity index (χ0) is 28.1. The number of amides is 3. The number of imide groups is 1. The van der Waals surface area contributed by atoms with E-state index < -0.39 is 5.91 Å². The molecular formula is C28H23Cl2IN2O5S. The van der Waals surface area contributed by atoms with Crippen molar-refractivity contribution in [3.63, 3.8) is 0 Å². The van der Waals surface area contributed by atoms with E-state index in [1.54, 1.807) is 54.6 Å². The normalized spacial score (nSPS) is 14.2. The molecular weight excluding hydrogens is 674 g/mol. The summed E-state index contributed by atoms with van der Waals surface area (Å²) in [5.41, 5.74) is 2.81. The van der Waals surface area contributed by atoms with Crippen molar-refractivity contribution in [3.8, 4) is 11.5 Å². The van der Waals surface area contributed by atoms with E-state index in [1.807, 2.05) is 19.9 Å². The van der Waals surface area contributed by atoms with E-state index in [0.29, 0.717) is 48.5 Å². The number of aryl methyl sites for hydroxylation is 1. The van der Waals surface area contributed by atoms with Gasteiger partial charge in [0.15, 0.2) is 18.1 Å². The van der Waals surface area contributed by atoms with Crippen molar-refractivity contribution < 1.29 is 23.9 Å². The van der Waals surface area contributed by atoms with Gasteiger partial charge in [-0.3, -0.25) is 19.3 Å². The number of anilines is 1. The topological polar surface area (TPSA) is 84.9 Å².